The van der Waals surface area contributed by atoms with Gasteiger partial charge in [0, 0.05) is 0 Å². The lowest BCUT2D eigenvalue weighted by Crippen LogP contribution is -2.12. The van der Waals surface area contributed by atoms with Crippen molar-refractivity contribution in [1.29, 1.82) is 0 Å². The highest BCUT2D eigenvalue weighted by Crippen LogP contribution is 2.19. The summed E-state index contributed by atoms with van der Waals surface area (Å²) in [6.45, 7) is 7.39. The molecule has 0 aromatic heterocycles. The van der Waals surface area contributed by atoms with E-state index < -0.39 is 0 Å². The van der Waals surface area contributed by atoms with Gasteiger partial charge in [-0.1, -0.05) is 73.7 Å². The van der Waals surface area contributed by atoms with Crippen molar-refractivity contribution in [3.8, 4) is 5.75 Å². The molecule has 2 aromatic rings. The minimum absolute atomic E-state index is 0.686. The predicted molar refractivity (Wildman–Crippen MR) is 108 cm³/mol. The van der Waals surface area contributed by atoms with Crippen LogP contribution in [0.2, 0.25) is 0 Å². The van der Waals surface area contributed by atoms with E-state index in [1.54, 1.807) is 0 Å². The van der Waals surface area contributed by atoms with E-state index >= 15 is 0 Å². The number of hydrogen-bond donors (Lipinski definition) is 0. The van der Waals surface area contributed by atoms with Gasteiger partial charge in [0.25, 0.3) is 0 Å². The zero-order valence-corrected chi connectivity index (χ0v) is 16.3. The molecule has 2 aromatic carbocycles. The number of ether oxygens (including phenoxy) is 1. The van der Waals surface area contributed by atoms with Crippen molar-refractivity contribution in [2.24, 2.45) is 5.92 Å². The molecule has 0 radical (unpaired) electrons. The zero-order chi connectivity index (χ0) is 17.9. The average Bonchev–Trinajstić information content (AvgIpc) is 2.62. The third-order valence-corrected chi connectivity index (χ3v) is 4.90. The van der Waals surface area contributed by atoms with E-state index in [0.29, 0.717) is 5.92 Å². The molecule has 1 unspecified atom stereocenters. The quantitative estimate of drug-likeness (QED) is 0.405. The fourth-order valence-electron chi connectivity index (χ4n) is 3.26. The van der Waals surface area contributed by atoms with Gasteiger partial charge in [-0.2, -0.15) is 0 Å². The minimum atomic E-state index is 0.686. The summed E-state index contributed by atoms with van der Waals surface area (Å²) in [4.78, 5) is 0. The maximum absolute atomic E-state index is 6.01. The molecule has 136 valence electrons. The van der Waals surface area contributed by atoms with Crippen molar-refractivity contribution in [3.63, 3.8) is 0 Å². The molecule has 1 atom stereocenters. The first-order valence-corrected chi connectivity index (χ1v) is 9.92. The summed E-state index contributed by atoms with van der Waals surface area (Å²) in [6.07, 6.45) is 8.93. The van der Waals surface area contributed by atoms with E-state index in [1.807, 2.05) is 0 Å². The Labute approximate surface area is 154 Å². The van der Waals surface area contributed by atoms with Crippen LogP contribution in [0.5, 0.6) is 5.75 Å². The first-order chi connectivity index (χ1) is 12.2. The summed E-state index contributed by atoms with van der Waals surface area (Å²) in [5.74, 6) is 1.69. The lowest BCUT2D eigenvalue weighted by Gasteiger charge is -2.17. The standard InChI is InChI=1S/C24H34O/c1-4-8-23(19-25-24-17-13-21(3)14-18-24)10-7-5-6-9-22-15-11-20(2)12-16-22/h11-18,23H,4-10,19H2,1-3H3. The van der Waals surface area contributed by atoms with Crippen LogP contribution in [0.25, 0.3) is 0 Å². The normalized spacial score (nSPS) is 12.1. The molecular weight excluding hydrogens is 304 g/mol. The Bertz CT molecular complexity index is 582. The van der Waals surface area contributed by atoms with Crippen LogP contribution in [0.3, 0.4) is 0 Å². The Morgan fingerprint density at radius 3 is 2.04 bits per heavy atom. The molecule has 0 aliphatic heterocycles. The van der Waals surface area contributed by atoms with Crippen LogP contribution < -0.4 is 4.74 Å². The average molecular weight is 339 g/mol. The van der Waals surface area contributed by atoms with Crippen LogP contribution >= 0.6 is 0 Å². The predicted octanol–water partition coefficient (Wildman–Crippen LogP) is 6.90. The Morgan fingerprint density at radius 1 is 0.760 bits per heavy atom. The molecule has 1 nitrogen and oxygen atoms in total. The smallest absolute Gasteiger partial charge is 0.119 e. The van der Waals surface area contributed by atoms with Gasteiger partial charge < -0.3 is 4.74 Å². The highest BCUT2D eigenvalue weighted by molar-refractivity contribution is 5.26. The largest absolute Gasteiger partial charge is 0.493 e. The third kappa shape index (κ3) is 7.77. The monoisotopic (exact) mass is 338 g/mol. The summed E-state index contributed by atoms with van der Waals surface area (Å²) in [6, 6.07) is 17.4. The second-order valence-electron chi connectivity index (χ2n) is 7.36. The Morgan fingerprint density at radius 2 is 1.40 bits per heavy atom. The fourth-order valence-corrected chi connectivity index (χ4v) is 3.26. The minimum Gasteiger partial charge on any atom is -0.493 e. The molecule has 0 bridgehead atoms. The van der Waals surface area contributed by atoms with Gasteiger partial charge in [0.2, 0.25) is 0 Å². The van der Waals surface area contributed by atoms with Gasteiger partial charge in [0.05, 0.1) is 6.61 Å². The van der Waals surface area contributed by atoms with Crippen molar-refractivity contribution in [2.45, 2.75) is 65.7 Å². The summed E-state index contributed by atoms with van der Waals surface area (Å²) in [5, 5.41) is 0. The maximum Gasteiger partial charge on any atom is 0.119 e. The van der Waals surface area contributed by atoms with Gasteiger partial charge in [-0.25, -0.2) is 0 Å². The van der Waals surface area contributed by atoms with Gasteiger partial charge in [-0.15, -0.1) is 0 Å². The van der Waals surface area contributed by atoms with E-state index in [0.717, 1.165) is 12.4 Å². The van der Waals surface area contributed by atoms with Crippen LogP contribution in [0, 0.1) is 19.8 Å². The van der Waals surface area contributed by atoms with Gasteiger partial charge in [-0.3, -0.25) is 0 Å². The summed E-state index contributed by atoms with van der Waals surface area (Å²) < 4.78 is 6.01. The Kier molecular flexibility index (Phi) is 8.59. The van der Waals surface area contributed by atoms with Crippen LogP contribution in [0.15, 0.2) is 48.5 Å². The molecule has 0 aliphatic rings. The van der Waals surface area contributed by atoms with Crippen LogP contribution in [-0.4, -0.2) is 6.61 Å². The molecular formula is C24H34O. The van der Waals surface area contributed by atoms with Gasteiger partial charge in [-0.05, 0) is 63.1 Å². The number of aryl methyl sites for hydroxylation is 3. The number of unbranched alkanes of at least 4 members (excludes halogenated alkanes) is 2. The van der Waals surface area contributed by atoms with Gasteiger partial charge in [0.1, 0.15) is 5.75 Å². The number of rotatable bonds is 11. The number of benzene rings is 2. The summed E-state index contributed by atoms with van der Waals surface area (Å²) in [5.41, 5.74) is 4.10. The molecule has 1 heteroatoms. The molecule has 0 saturated heterocycles. The first-order valence-electron chi connectivity index (χ1n) is 9.92. The fraction of sp³-hybridized carbons (Fsp3) is 0.500. The van der Waals surface area contributed by atoms with Crippen molar-refractivity contribution in [2.75, 3.05) is 6.61 Å². The van der Waals surface area contributed by atoms with E-state index in [4.69, 9.17) is 4.74 Å². The maximum atomic E-state index is 6.01. The molecule has 0 fully saturated rings. The van der Waals surface area contributed by atoms with Gasteiger partial charge in [0.15, 0.2) is 0 Å². The van der Waals surface area contributed by atoms with Crippen molar-refractivity contribution in [3.05, 3.63) is 65.2 Å². The highest BCUT2D eigenvalue weighted by atomic mass is 16.5. The summed E-state index contributed by atoms with van der Waals surface area (Å²) in [7, 11) is 0. The topological polar surface area (TPSA) is 9.23 Å². The van der Waals surface area contributed by atoms with E-state index in [-0.39, 0.29) is 0 Å². The van der Waals surface area contributed by atoms with E-state index in [1.165, 1.54) is 61.6 Å². The third-order valence-electron chi connectivity index (χ3n) is 4.90. The van der Waals surface area contributed by atoms with Crippen molar-refractivity contribution in [1.82, 2.24) is 0 Å². The van der Waals surface area contributed by atoms with E-state index in [2.05, 4.69) is 69.3 Å². The molecule has 0 N–H and O–H groups in total. The molecule has 0 heterocycles. The van der Waals surface area contributed by atoms with Crippen molar-refractivity contribution < 1.29 is 4.74 Å². The zero-order valence-electron chi connectivity index (χ0n) is 16.3. The van der Waals surface area contributed by atoms with Crippen LogP contribution in [0.1, 0.15) is 62.1 Å². The molecule has 0 aliphatic carbocycles. The van der Waals surface area contributed by atoms with E-state index in [9.17, 15) is 0 Å². The second kappa shape index (κ2) is 11.0. The lowest BCUT2D eigenvalue weighted by atomic mass is 9.96. The first kappa shape index (κ1) is 19.6. The molecule has 0 amide bonds. The highest BCUT2D eigenvalue weighted by Gasteiger charge is 2.09. The summed E-state index contributed by atoms with van der Waals surface area (Å²) >= 11 is 0. The Balaban J connectivity index is 1.64. The molecule has 2 rings (SSSR count). The molecule has 0 saturated carbocycles. The van der Waals surface area contributed by atoms with Gasteiger partial charge >= 0.3 is 0 Å². The van der Waals surface area contributed by atoms with Crippen LogP contribution in [0.4, 0.5) is 0 Å². The Hall–Kier alpha value is -1.76. The molecule has 25 heavy (non-hydrogen) atoms. The van der Waals surface area contributed by atoms with Crippen molar-refractivity contribution >= 4 is 0 Å². The van der Waals surface area contributed by atoms with Crippen LogP contribution in [-0.2, 0) is 6.42 Å². The second-order valence-corrected chi connectivity index (χ2v) is 7.36. The number of hydrogen-bond acceptors (Lipinski definition) is 1. The molecule has 0 spiro atoms. The lowest BCUT2D eigenvalue weighted by molar-refractivity contribution is 0.227. The SMILES string of the molecule is CCCC(CCCCCc1ccc(C)cc1)COc1ccc(C)cc1.